The molecule has 74 valence electrons. The summed E-state index contributed by atoms with van der Waals surface area (Å²) in [6, 6.07) is 1.99. The summed E-state index contributed by atoms with van der Waals surface area (Å²) < 4.78 is 1.54. The minimum absolute atomic E-state index is 0.287. The molecule has 0 spiro atoms. The highest BCUT2D eigenvalue weighted by molar-refractivity contribution is 5.94. The normalized spacial score (nSPS) is 10.7. The second-order valence-corrected chi connectivity index (χ2v) is 3.59. The fourth-order valence-corrected chi connectivity index (χ4v) is 0.922. The summed E-state index contributed by atoms with van der Waals surface area (Å²) in [5.41, 5.74) is -0.400. The largest absolute Gasteiger partial charge is 0.334 e. The van der Waals surface area contributed by atoms with E-state index < -0.39 is 5.54 Å². The van der Waals surface area contributed by atoms with Gasteiger partial charge in [-0.05, 0) is 13.8 Å². The van der Waals surface area contributed by atoms with Crippen molar-refractivity contribution in [3.63, 3.8) is 0 Å². The van der Waals surface area contributed by atoms with E-state index in [0.717, 1.165) is 0 Å². The quantitative estimate of drug-likeness (QED) is 0.739. The Kier molecular flexibility index (Phi) is 2.56. The predicted molar refractivity (Wildman–Crippen MR) is 50.4 cm³/mol. The average Bonchev–Trinajstić information content (AvgIpc) is 2.51. The molecule has 0 aliphatic heterocycles. The van der Waals surface area contributed by atoms with Gasteiger partial charge in [0.15, 0.2) is 0 Å². The molecule has 1 rings (SSSR count). The number of carbonyl (C=O) groups is 1. The Morgan fingerprint density at radius 3 is 2.79 bits per heavy atom. The van der Waals surface area contributed by atoms with Crippen molar-refractivity contribution in [2.45, 2.75) is 19.4 Å². The van der Waals surface area contributed by atoms with E-state index in [1.807, 2.05) is 6.07 Å². The Labute approximate surface area is 82.3 Å². The number of carbonyl (C=O) groups excluding carboxylic acids is 1. The number of hydrogen-bond donors (Lipinski definition) is 1. The third kappa shape index (κ3) is 2.33. The number of hydrogen-bond acceptors (Lipinski definition) is 3. The van der Waals surface area contributed by atoms with E-state index in [1.54, 1.807) is 27.1 Å². The van der Waals surface area contributed by atoms with Crippen LogP contribution in [-0.2, 0) is 7.05 Å². The lowest BCUT2D eigenvalue weighted by Crippen LogP contribution is -2.41. The second-order valence-electron chi connectivity index (χ2n) is 3.59. The molecule has 1 heterocycles. The lowest BCUT2D eigenvalue weighted by atomic mass is 10.1. The van der Waals surface area contributed by atoms with Gasteiger partial charge in [-0.25, -0.2) is 0 Å². The predicted octanol–water partition coefficient (Wildman–Crippen LogP) is 0.452. The molecule has 1 N–H and O–H groups in total. The van der Waals surface area contributed by atoms with Crippen LogP contribution in [0.4, 0.5) is 0 Å². The molecule has 0 radical (unpaired) electrons. The van der Waals surface area contributed by atoms with Gasteiger partial charge in [0.05, 0.1) is 17.8 Å². The molecule has 0 saturated carbocycles. The zero-order valence-corrected chi connectivity index (χ0v) is 8.40. The van der Waals surface area contributed by atoms with Crippen molar-refractivity contribution in [3.8, 4) is 6.07 Å². The fraction of sp³-hybridized carbons (Fsp3) is 0.444. The maximum Gasteiger partial charge on any atom is 0.255 e. The van der Waals surface area contributed by atoms with Gasteiger partial charge in [-0.15, -0.1) is 0 Å². The highest BCUT2D eigenvalue weighted by Gasteiger charge is 2.20. The zero-order valence-electron chi connectivity index (χ0n) is 8.40. The lowest BCUT2D eigenvalue weighted by molar-refractivity contribution is 0.0929. The maximum absolute atomic E-state index is 11.5. The molecule has 0 saturated heterocycles. The summed E-state index contributed by atoms with van der Waals surface area (Å²) in [6.45, 7) is 3.28. The maximum atomic E-state index is 11.5. The van der Waals surface area contributed by atoms with Gasteiger partial charge >= 0.3 is 0 Å². The van der Waals surface area contributed by atoms with Crippen molar-refractivity contribution in [2.24, 2.45) is 7.05 Å². The Bertz CT molecular complexity index is 386. The van der Waals surface area contributed by atoms with Crippen molar-refractivity contribution in [1.29, 1.82) is 5.26 Å². The van der Waals surface area contributed by atoms with Gasteiger partial charge in [-0.3, -0.25) is 9.48 Å². The first-order valence-corrected chi connectivity index (χ1v) is 4.17. The number of aromatic nitrogens is 2. The monoisotopic (exact) mass is 192 g/mol. The second kappa shape index (κ2) is 3.50. The molecule has 0 fully saturated rings. The van der Waals surface area contributed by atoms with Crippen LogP contribution in [0, 0.1) is 11.3 Å². The first-order chi connectivity index (χ1) is 6.44. The van der Waals surface area contributed by atoms with Crippen LogP contribution in [0.5, 0.6) is 0 Å². The molecule has 0 aromatic carbocycles. The van der Waals surface area contributed by atoms with Crippen molar-refractivity contribution < 1.29 is 4.79 Å². The number of amides is 1. The minimum atomic E-state index is -0.854. The van der Waals surface area contributed by atoms with Gasteiger partial charge in [0.1, 0.15) is 5.54 Å². The van der Waals surface area contributed by atoms with Crippen LogP contribution in [0.25, 0.3) is 0 Å². The Morgan fingerprint density at radius 2 is 2.36 bits per heavy atom. The van der Waals surface area contributed by atoms with Crippen LogP contribution in [0.3, 0.4) is 0 Å². The number of nitrogens with zero attached hydrogens (tertiary/aromatic N) is 3. The molecule has 0 atom stereocenters. The first-order valence-electron chi connectivity index (χ1n) is 4.17. The molecule has 0 unspecified atom stereocenters. The Hall–Kier alpha value is -1.83. The van der Waals surface area contributed by atoms with E-state index in [4.69, 9.17) is 5.26 Å². The van der Waals surface area contributed by atoms with E-state index in [-0.39, 0.29) is 5.91 Å². The van der Waals surface area contributed by atoms with Gasteiger partial charge < -0.3 is 5.32 Å². The minimum Gasteiger partial charge on any atom is -0.334 e. The summed E-state index contributed by atoms with van der Waals surface area (Å²) in [5, 5.41) is 15.2. The van der Waals surface area contributed by atoms with Gasteiger partial charge in [0, 0.05) is 13.2 Å². The van der Waals surface area contributed by atoms with Crippen LogP contribution in [0.1, 0.15) is 24.2 Å². The summed E-state index contributed by atoms with van der Waals surface area (Å²) in [5.74, 6) is -0.287. The van der Waals surface area contributed by atoms with Gasteiger partial charge in [-0.1, -0.05) is 0 Å². The zero-order chi connectivity index (χ0) is 10.8. The number of rotatable bonds is 2. The average molecular weight is 192 g/mol. The molecule has 5 nitrogen and oxygen atoms in total. The van der Waals surface area contributed by atoms with Crippen molar-refractivity contribution >= 4 is 5.91 Å². The Balaban J connectivity index is 2.74. The number of aryl methyl sites for hydroxylation is 1. The number of nitrogens with one attached hydrogen (secondary N) is 1. The van der Waals surface area contributed by atoms with Gasteiger partial charge in [0.25, 0.3) is 5.91 Å². The summed E-state index contributed by atoms with van der Waals surface area (Å²) in [6.07, 6.45) is 3.06. The van der Waals surface area contributed by atoms with Crippen LogP contribution >= 0.6 is 0 Å². The molecule has 14 heavy (non-hydrogen) atoms. The first kappa shape index (κ1) is 10.3. The highest BCUT2D eigenvalue weighted by atomic mass is 16.1. The molecular formula is C9H12N4O. The van der Waals surface area contributed by atoms with Crippen LogP contribution in [0.2, 0.25) is 0 Å². The van der Waals surface area contributed by atoms with Crippen molar-refractivity contribution in [3.05, 3.63) is 18.0 Å². The molecule has 1 aromatic heterocycles. The molecule has 5 heteroatoms. The summed E-state index contributed by atoms with van der Waals surface area (Å²) in [7, 11) is 1.73. The third-order valence-corrected chi connectivity index (χ3v) is 1.67. The van der Waals surface area contributed by atoms with E-state index in [9.17, 15) is 4.79 Å². The summed E-state index contributed by atoms with van der Waals surface area (Å²) >= 11 is 0. The van der Waals surface area contributed by atoms with Gasteiger partial charge in [-0.2, -0.15) is 10.4 Å². The molecule has 0 bridgehead atoms. The van der Waals surface area contributed by atoms with Crippen molar-refractivity contribution in [1.82, 2.24) is 15.1 Å². The van der Waals surface area contributed by atoms with Crippen molar-refractivity contribution in [2.75, 3.05) is 0 Å². The fourth-order valence-electron chi connectivity index (χ4n) is 0.922. The standard InChI is InChI=1S/C9H12N4O/c1-9(2,6-10)12-8(14)7-4-11-13(3)5-7/h4-5H,1-3H3,(H,12,14). The molecule has 0 aliphatic rings. The summed E-state index contributed by atoms with van der Waals surface area (Å²) in [4.78, 5) is 11.5. The Morgan fingerprint density at radius 1 is 1.71 bits per heavy atom. The van der Waals surface area contributed by atoms with E-state index in [0.29, 0.717) is 5.56 Å². The van der Waals surface area contributed by atoms with Crippen LogP contribution < -0.4 is 5.32 Å². The van der Waals surface area contributed by atoms with E-state index in [1.165, 1.54) is 10.9 Å². The number of nitriles is 1. The van der Waals surface area contributed by atoms with E-state index in [2.05, 4.69) is 10.4 Å². The molecule has 0 aliphatic carbocycles. The highest BCUT2D eigenvalue weighted by Crippen LogP contribution is 2.03. The van der Waals surface area contributed by atoms with Crippen LogP contribution in [0.15, 0.2) is 12.4 Å². The SMILES string of the molecule is Cn1cc(C(=O)NC(C)(C)C#N)cn1. The smallest absolute Gasteiger partial charge is 0.255 e. The topological polar surface area (TPSA) is 70.7 Å². The van der Waals surface area contributed by atoms with Crippen LogP contribution in [-0.4, -0.2) is 21.2 Å². The van der Waals surface area contributed by atoms with E-state index >= 15 is 0 Å². The lowest BCUT2D eigenvalue weighted by Gasteiger charge is -2.16. The van der Waals surface area contributed by atoms with Gasteiger partial charge in [0.2, 0.25) is 0 Å². The molecular weight excluding hydrogens is 180 g/mol. The molecule has 1 aromatic rings. The third-order valence-electron chi connectivity index (χ3n) is 1.67. The molecule has 1 amide bonds.